The van der Waals surface area contributed by atoms with Gasteiger partial charge in [0.2, 0.25) is 0 Å². The monoisotopic (exact) mass is 197 g/mol. The fraction of sp³-hybridized carbons (Fsp3) is 0.444. The van der Waals surface area contributed by atoms with Crippen LogP contribution in [-0.4, -0.2) is 22.4 Å². The van der Waals surface area contributed by atoms with Crippen LogP contribution in [0.1, 0.15) is 13.8 Å². The number of hydrogen-bond acceptors (Lipinski definition) is 4. The fourth-order valence-electron chi connectivity index (χ4n) is 1.47. The van der Waals surface area contributed by atoms with Gasteiger partial charge in [-0.2, -0.15) is 0 Å². The normalized spacial score (nSPS) is 27.2. The van der Waals surface area contributed by atoms with E-state index in [0.29, 0.717) is 6.29 Å². The average Bonchev–Trinajstić information content (AvgIpc) is 2.12. The van der Waals surface area contributed by atoms with Crippen molar-refractivity contribution in [2.45, 2.75) is 20.0 Å². The van der Waals surface area contributed by atoms with E-state index >= 15 is 0 Å². The van der Waals surface area contributed by atoms with E-state index in [1.165, 1.54) is 13.0 Å². The molecule has 1 aliphatic rings. The van der Waals surface area contributed by atoms with Gasteiger partial charge in [0.1, 0.15) is 6.29 Å². The predicted octanol–water partition coefficient (Wildman–Crippen LogP) is 0.673. The van der Waals surface area contributed by atoms with Gasteiger partial charge in [0.25, 0.3) is 5.70 Å². The first-order chi connectivity index (χ1) is 6.49. The van der Waals surface area contributed by atoms with Crippen molar-refractivity contribution < 1.29 is 14.8 Å². The highest BCUT2D eigenvalue weighted by Crippen LogP contribution is 2.28. The third-order valence-corrected chi connectivity index (χ3v) is 2.38. The van der Waals surface area contributed by atoms with Gasteiger partial charge in [-0.1, -0.05) is 6.92 Å². The van der Waals surface area contributed by atoms with Gasteiger partial charge in [-0.3, -0.25) is 14.9 Å². The molecule has 0 radical (unpaired) electrons. The molecule has 1 aliphatic carbocycles. The van der Waals surface area contributed by atoms with Crippen molar-refractivity contribution in [1.29, 1.82) is 0 Å². The van der Waals surface area contributed by atoms with Crippen molar-refractivity contribution in [2.75, 3.05) is 0 Å². The lowest BCUT2D eigenvalue weighted by atomic mass is 9.87. The Morgan fingerprint density at radius 2 is 2.21 bits per heavy atom. The molecule has 0 saturated carbocycles. The van der Waals surface area contributed by atoms with E-state index in [4.69, 9.17) is 0 Å². The topological polar surface area (TPSA) is 80.4 Å². The van der Waals surface area contributed by atoms with E-state index in [9.17, 15) is 20.0 Å². The Morgan fingerprint density at radius 3 is 2.64 bits per heavy atom. The second-order valence-electron chi connectivity index (χ2n) is 3.31. The van der Waals surface area contributed by atoms with Crippen LogP contribution in [0.5, 0.6) is 0 Å². The minimum Gasteiger partial charge on any atom is -0.388 e. The number of aliphatic hydroxyl groups excluding tert-OH is 1. The number of rotatable bonds is 2. The molecule has 5 heteroatoms. The molecule has 1 N–H and O–H groups in total. The van der Waals surface area contributed by atoms with Gasteiger partial charge in [0.05, 0.1) is 11.0 Å². The second kappa shape index (κ2) is 3.71. The van der Waals surface area contributed by atoms with Crippen LogP contribution in [0.25, 0.3) is 0 Å². The Bertz CT molecular complexity index is 343. The van der Waals surface area contributed by atoms with Crippen molar-refractivity contribution in [2.24, 2.45) is 5.92 Å². The first-order valence-corrected chi connectivity index (χ1v) is 4.19. The average molecular weight is 197 g/mol. The number of nitrogens with zero attached hydrogens (tertiary/aromatic N) is 1. The maximum absolute atomic E-state index is 10.6. The van der Waals surface area contributed by atoms with Crippen LogP contribution in [0.3, 0.4) is 0 Å². The van der Waals surface area contributed by atoms with Crippen LogP contribution in [0.15, 0.2) is 22.9 Å². The van der Waals surface area contributed by atoms with E-state index in [1.807, 2.05) is 0 Å². The highest BCUT2D eigenvalue weighted by atomic mass is 16.6. The van der Waals surface area contributed by atoms with Crippen LogP contribution < -0.4 is 0 Å². The zero-order valence-electron chi connectivity index (χ0n) is 7.93. The van der Waals surface area contributed by atoms with Crippen molar-refractivity contribution in [3.8, 4) is 0 Å². The molecular weight excluding hydrogens is 186 g/mol. The van der Waals surface area contributed by atoms with Crippen LogP contribution >= 0.6 is 0 Å². The van der Waals surface area contributed by atoms with Crippen molar-refractivity contribution in [3.63, 3.8) is 0 Å². The van der Waals surface area contributed by atoms with Crippen molar-refractivity contribution in [1.82, 2.24) is 0 Å². The number of carbonyl (C=O) groups is 1. The highest BCUT2D eigenvalue weighted by Gasteiger charge is 2.31. The minimum atomic E-state index is -0.934. The minimum absolute atomic E-state index is 0.0927. The first-order valence-electron chi connectivity index (χ1n) is 4.19. The summed E-state index contributed by atoms with van der Waals surface area (Å²) in [7, 11) is 0. The maximum Gasteiger partial charge on any atom is 0.269 e. The molecule has 14 heavy (non-hydrogen) atoms. The smallest absolute Gasteiger partial charge is 0.269 e. The summed E-state index contributed by atoms with van der Waals surface area (Å²) in [5.74, 6) is -0.403. The Labute approximate surface area is 80.9 Å². The lowest BCUT2D eigenvalue weighted by Crippen LogP contribution is -2.26. The summed E-state index contributed by atoms with van der Waals surface area (Å²) in [6.07, 6.45) is 0.913. The molecule has 0 heterocycles. The Morgan fingerprint density at radius 1 is 1.64 bits per heavy atom. The summed E-state index contributed by atoms with van der Waals surface area (Å²) >= 11 is 0. The predicted molar refractivity (Wildman–Crippen MR) is 49.0 cm³/mol. The summed E-state index contributed by atoms with van der Waals surface area (Å²) < 4.78 is 0. The zero-order chi connectivity index (χ0) is 10.9. The summed E-state index contributed by atoms with van der Waals surface area (Å²) in [5, 5.41) is 20.1. The van der Waals surface area contributed by atoms with Crippen molar-refractivity contribution >= 4 is 6.29 Å². The summed E-state index contributed by atoms with van der Waals surface area (Å²) in [4.78, 5) is 20.7. The molecule has 2 atom stereocenters. The van der Waals surface area contributed by atoms with E-state index < -0.39 is 16.9 Å². The first kappa shape index (κ1) is 10.6. The number of aldehydes is 1. The fourth-order valence-corrected chi connectivity index (χ4v) is 1.47. The number of allylic oxidation sites excluding steroid dienone is 1. The third-order valence-electron chi connectivity index (χ3n) is 2.38. The van der Waals surface area contributed by atoms with Gasteiger partial charge >= 0.3 is 0 Å². The summed E-state index contributed by atoms with van der Waals surface area (Å²) in [6, 6.07) is 0. The molecule has 0 aromatic carbocycles. The standard InChI is InChI=1S/C9H11NO4/c1-5-3-8(10(13)14)6(2)7(4-11)9(5)12/h3-5,9,12H,1-2H3. The van der Waals surface area contributed by atoms with Gasteiger partial charge in [0, 0.05) is 17.1 Å². The van der Waals surface area contributed by atoms with Crippen LogP contribution in [0, 0.1) is 16.0 Å². The molecule has 0 bridgehead atoms. The van der Waals surface area contributed by atoms with Gasteiger partial charge in [-0.15, -0.1) is 0 Å². The Hall–Kier alpha value is -1.49. The molecule has 5 nitrogen and oxygen atoms in total. The van der Waals surface area contributed by atoms with E-state index in [2.05, 4.69) is 0 Å². The molecule has 0 saturated heterocycles. The second-order valence-corrected chi connectivity index (χ2v) is 3.31. The molecule has 2 unspecified atom stereocenters. The zero-order valence-corrected chi connectivity index (χ0v) is 7.93. The molecule has 0 spiro atoms. The lowest BCUT2D eigenvalue weighted by Gasteiger charge is -2.21. The molecule has 0 aliphatic heterocycles. The van der Waals surface area contributed by atoms with Gasteiger partial charge in [0.15, 0.2) is 0 Å². The molecular formula is C9H11NO4. The number of carbonyl (C=O) groups excluding carboxylic acids is 1. The molecule has 0 aromatic heterocycles. The Kier molecular flexibility index (Phi) is 2.81. The largest absolute Gasteiger partial charge is 0.388 e. The van der Waals surface area contributed by atoms with Crippen LogP contribution in [0.2, 0.25) is 0 Å². The van der Waals surface area contributed by atoms with Gasteiger partial charge < -0.3 is 5.11 Å². The Balaban J connectivity index is 3.23. The van der Waals surface area contributed by atoms with Crippen LogP contribution in [0.4, 0.5) is 0 Å². The third kappa shape index (κ3) is 1.58. The quantitative estimate of drug-likeness (QED) is 0.401. The maximum atomic E-state index is 10.6. The number of hydrogen-bond donors (Lipinski definition) is 1. The SMILES string of the molecule is CC1=C(C=O)C(O)C(C)C=C1[N+](=O)[O-]. The molecule has 76 valence electrons. The number of aliphatic hydroxyl groups is 1. The van der Waals surface area contributed by atoms with E-state index in [1.54, 1.807) is 6.92 Å². The molecule has 0 fully saturated rings. The summed E-state index contributed by atoms with van der Waals surface area (Å²) in [5.41, 5.74) is 0.257. The van der Waals surface area contributed by atoms with E-state index in [0.717, 1.165) is 0 Å². The number of nitro groups is 1. The summed E-state index contributed by atoms with van der Waals surface area (Å²) in [6.45, 7) is 3.09. The van der Waals surface area contributed by atoms with Gasteiger partial charge in [-0.05, 0) is 13.0 Å². The molecule has 1 rings (SSSR count). The molecule has 0 amide bonds. The van der Waals surface area contributed by atoms with Crippen LogP contribution in [-0.2, 0) is 4.79 Å². The van der Waals surface area contributed by atoms with E-state index in [-0.39, 0.29) is 16.8 Å². The van der Waals surface area contributed by atoms with Crippen molar-refractivity contribution in [3.05, 3.63) is 33.0 Å². The van der Waals surface area contributed by atoms with Gasteiger partial charge in [-0.25, -0.2) is 0 Å². The lowest BCUT2D eigenvalue weighted by molar-refractivity contribution is -0.421. The highest BCUT2D eigenvalue weighted by molar-refractivity contribution is 5.78. The molecule has 0 aromatic rings.